The molecule has 3 saturated heterocycles. The fourth-order valence-electron chi connectivity index (χ4n) is 2.50. The highest BCUT2D eigenvalue weighted by Crippen LogP contribution is 2.26. The Morgan fingerprint density at radius 2 is 1.50 bits per heavy atom. The minimum absolute atomic E-state index is 1.35. The van der Waals surface area contributed by atoms with Gasteiger partial charge in [0.05, 0.1) is 7.05 Å². The zero-order valence-corrected chi connectivity index (χ0v) is 9.07. The van der Waals surface area contributed by atoms with Gasteiger partial charge in [0.15, 0.2) is 0 Å². The zero-order valence-electron chi connectivity index (χ0n) is 8.25. The van der Waals surface area contributed by atoms with Crippen LogP contribution in [0.4, 0.5) is 0 Å². The number of hydrogen-bond donors (Lipinski definition) is 0. The van der Waals surface area contributed by atoms with E-state index in [1.807, 2.05) is 11.8 Å². The minimum atomic E-state index is 1.35. The van der Waals surface area contributed by atoms with Crippen molar-refractivity contribution in [1.82, 2.24) is 0 Å². The number of hydrogen-bond acceptors (Lipinski definition) is 1. The standard InChI is InChI=1S/C9H20N2S/c1-10-3-6-11(7-4-10,8-5-10)9-12-2/h3-9H2,1-2H3/q+2. The van der Waals surface area contributed by atoms with E-state index in [-0.39, 0.29) is 0 Å². The van der Waals surface area contributed by atoms with E-state index in [1.165, 1.54) is 54.1 Å². The van der Waals surface area contributed by atoms with Gasteiger partial charge in [0.1, 0.15) is 45.1 Å². The number of thioether (sulfide) groups is 1. The highest BCUT2D eigenvalue weighted by Gasteiger charge is 2.46. The SMILES string of the molecule is CSC[N+]12CC[N+](C)(CC1)CC2. The van der Waals surface area contributed by atoms with Crippen LogP contribution in [-0.4, -0.2) is 67.4 Å². The monoisotopic (exact) mass is 188 g/mol. The summed E-state index contributed by atoms with van der Waals surface area (Å²) >= 11 is 2.02. The fraction of sp³-hybridized carbons (Fsp3) is 1.00. The second kappa shape index (κ2) is 2.89. The molecule has 3 heteroatoms. The Balaban J connectivity index is 2.04. The molecule has 0 saturated carbocycles. The summed E-state index contributed by atoms with van der Waals surface area (Å²) in [5.41, 5.74) is 0. The molecule has 0 aromatic carbocycles. The first-order chi connectivity index (χ1) is 5.68. The Morgan fingerprint density at radius 1 is 1.00 bits per heavy atom. The number of fused-ring (bicyclic) bond motifs is 3. The second-order valence-electron chi connectivity index (χ2n) is 4.72. The van der Waals surface area contributed by atoms with E-state index in [9.17, 15) is 0 Å². The summed E-state index contributed by atoms with van der Waals surface area (Å²) in [6.07, 6.45) is 2.24. The first-order valence-electron chi connectivity index (χ1n) is 4.86. The zero-order chi connectivity index (χ0) is 8.66. The summed E-state index contributed by atoms with van der Waals surface area (Å²) in [5, 5.41) is 0. The maximum atomic E-state index is 2.42. The number of rotatable bonds is 2. The van der Waals surface area contributed by atoms with E-state index in [2.05, 4.69) is 13.3 Å². The molecule has 0 aliphatic carbocycles. The van der Waals surface area contributed by atoms with Gasteiger partial charge in [-0.25, -0.2) is 0 Å². The van der Waals surface area contributed by atoms with Crippen LogP contribution in [0.1, 0.15) is 0 Å². The quantitative estimate of drug-likeness (QED) is 0.572. The van der Waals surface area contributed by atoms with Crippen LogP contribution in [-0.2, 0) is 0 Å². The Kier molecular flexibility index (Phi) is 2.13. The molecule has 3 fully saturated rings. The second-order valence-corrected chi connectivity index (χ2v) is 5.56. The third-order valence-corrected chi connectivity index (χ3v) is 4.55. The molecule has 2 bridgehead atoms. The van der Waals surface area contributed by atoms with Gasteiger partial charge in [-0.1, -0.05) is 0 Å². The Morgan fingerprint density at radius 3 is 1.92 bits per heavy atom. The molecule has 70 valence electrons. The number of piperazine rings is 3. The van der Waals surface area contributed by atoms with Crippen molar-refractivity contribution in [2.45, 2.75) is 0 Å². The largest absolute Gasteiger partial charge is 0.312 e. The van der Waals surface area contributed by atoms with Gasteiger partial charge in [-0.2, -0.15) is 0 Å². The normalized spacial score (nSPS) is 46.5. The van der Waals surface area contributed by atoms with Gasteiger partial charge < -0.3 is 8.97 Å². The molecule has 0 aromatic rings. The predicted molar refractivity (Wildman–Crippen MR) is 54.0 cm³/mol. The lowest BCUT2D eigenvalue weighted by atomic mass is 10.1. The predicted octanol–water partition coefficient (Wildman–Crippen LogP) is 0.597. The first-order valence-corrected chi connectivity index (χ1v) is 6.25. The van der Waals surface area contributed by atoms with Crippen molar-refractivity contribution >= 4 is 11.8 Å². The van der Waals surface area contributed by atoms with E-state index < -0.39 is 0 Å². The highest BCUT2D eigenvalue weighted by molar-refractivity contribution is 7.98. The topological polar surface area (TPSA) is 0 Å². The lowest BCUT2D eigenvalue weighted by Crippen LogP contribution is -2.73. The fourth-order valence-corrected chi connectivity index (χ4v) is 3.43. The third kappa shape index (κ3) is 1.38. The molecule has 3 heterocycles. The molecule has 3 aliphatic heterocycles. The maximum absolute atomic E-state index is 2.42. The molecule has 0 radical (unpaired) electrons. The molecule has 0 amide bonds. The Bertz CT molecular complexity index is 157. The van der Waals surface area contributed by atoms with E-state index in [4.69, 9.17) is 0 Å². The van der Waals surface area contributed by atoms with Crippen LogP contribution < -0.4 is 0 Å². The summed E-state index contributed by atoms with van der Waals surface area (Å²) in [7, 11) is 2.42. The minimum Gasteiger partial charge on any atom is -0.312 e. The number of quaternary nitrogens is 2. The molecule has 12 heavy (non-hydrogen) atoms. The highest BCUT2D eigenvalue weighted by atomic mass is 32.2. The van der Waals surface area contributed by atoms with Crippen molar-refractivity contribution in [2.24, 2.45) is 0 Å². The average molecular weight is 188 g/mol. The van der Waals surface area contributed by atoms with E-state index >= 15 is 0 Å². The Hall–Kier alpha value is 0.270. The summed E-state index contributed by atoms with van der Waals surface area (Å²) in [6, 6.07) is 0. The van der Waals surface area contributed by atoms with Crippen LogP contribution >= 0.6 is 11.8 Å². The Labute approximate surface area is 79.7 Å². The van der Waals surface area contributed by atoms with Gasteiger partial charge in [-0.15, -0.1) is 11.8 Å². The van der Waals surface area contributed by atoms with E-state index in [0.29, 0.717) is 0 Å². The molecule has 2 nitrogen and oxygen atoms in total. The summed E-state index contributed by atoms with van der Waals surface area (Å²) in [4.78, 5) is 0. The number of likely N-dealkylation sites (N-methyl/N-ethyl adjacent to an activating group) is 1. The lowest BCUT2D eigenvalue weighted by molar-refractivity contribution is -1.07. The van der Waals surface area contributed by atoms with Gasteiger partial charge in [0, 0.05) is 0 Å². The van der Waals surface area contributed by atoms with Crippen molar-refractivity contribution < 1.29 is 8.97 Å². The molecule has 0 spiro atoms. The first kappa shape index (κ1) is 8.85. The summed E-state index contributed by atoms with van der Waals surface area (Å²) in [6.45, 7) is 8.54. The van der Waals surface area contributed by atoms with E-state index in [1.54, 1.807) is 0 Å². The molecule has 3 rings (SSSR count). The molecule has 0 unspecified atom stereocenters. The molecule has 3 aliphatic rings. The van der Waals surface area contributed by atoms with Crippen LogP contribution in [0.5, 0.6) is 0 Å². The van der Waals surface area contributed by atoms with Crippen molar-refractivity contribution in [3.05, 3.63) is 0 Å². The van der Waals surface area contributed by atoms with Crippen molar-refractivity contribution in [3.63, 3.8) is 0 Å². The smallest absolute Gasteiger partial charge is 0.129 e. The lowest BCUT2D eigenvalue weighted by Gasteiger charge is -2.53. The van der Waals surface area contributed by atoms with Crippen molar-refractivity contribution in [1.29, 1.82) is 0 Å². The van der Waals surface area contributed by atoms with Gasteiger partial charge in [-0.05, 0) is 6.26 Å². The summed E-state index contributed by atoms with van der Waals surface area (Å²) < 4.78 is 2.77. The van der Waals surface area contributed by atoms with Gasteiger partial charge >= 0.3 is 0 Å². The molecule has 0 aromatic heterocycles. The van der Waals surface area contributed by atoms with Crippen molar-refractivity contribution in [3.8, 4) is 0 Å². The molecular formula is C9H20N2S+2. The number of nitrogens with zero attached hydrogens (tertiary/aromatic N) is 2. The van der Waals surface area contributed by atoms with Gasteiger partial charge in [0.25, 0.3) is 0 Å². The average Bonchev–Trinajstić information content (AvgIpc) is 2.08. The van der Waals surface area contributed by atoms with Crippen LogP contribution in [0.3, 0.4) is 0 Å². The van der Waals surface area contributed by atoms with Crippen LogP contribution in [0.15, 0.2) is 0 Å². The van der Waals surface area contributed by atoms with Gasteiger partial charge in [-0.3, -0.25) is 0 Å². The molecule has 0 N–H and O–H groups in total. The van der Waals surface area contributed by atoms with Crippen LogP contribution in [0.2, 0.25) is 0 Å². The van der Waals surface area contributed by atoms with Crippen LogP contribution in [0, 0.1) is 0 Å². The molecular weight excluding hydrogens is 168 g/mol. The third-order valence-electron chi connectivity index (χ3n) is 3.75. The van der Waals surface area contributed by atoms with Crippen molar-refractivity contribution in [2.75, 3.05) is 58.4 Å². The van der Waals surface area contributed by atoms with Gasteiger partial charge in [0.2, 0.25) is 0 Å². The van der Waals surface area contributed by atoms with E-state index in [0.717, 1.165) is 0 Å². The summed E-state index contributed by atoms with van der Waals surface area (Å²) in [5.74, 6) is 1.35. The maximum Gasteiger partial charge on any atom is 0.129 e. The van der Waals surface area contributed by atoms with Crippen LogP contribution in [0.25, 0.3) is 0 Å². The molecule has 0 atom stereocenters.